The Morgan fingerprint density at radius 2 is 1.60 bits per heavy atom. The zero-order valence-electron chi connectivity index (χ0n) is 16.1. The Bertz CT molecular complexity index is 1080. The molecule has 0 saturated heterocycles. The highest BCUT2D eigenvalue weighted by atomic mass is 19.2. The maximum absolute atomic E-state index is 13.3. The van der Waals surface area contributed by atoms with Gasteiger partial charge < -0.3 is 15.8 Å². The van der Waals surface area contributed by atoms with Crippen molar-refractivity contribution in [2.45, 2.75) is 5.92 Å². The molecule has 1 aliphatic rings. The van der Waals surface area contributed by atoms with Gasteiger partial charge in [0.25, 0.3) is 0 Å². The van der Waals surface area contributed by atoms with Crippen LogP contribution >= 0.6 is 0 Å². The number of anilines is 1. The van der Waals surface area contributed by atoms with Gasteiger partial charge in [-0.3, -0.25) is 0 Å². The van der Waals surface area contributed by atoms with Crippen LogP contribution in [0, 0.1) is 11.6 Å². The fourth-order valence-corrected chi connectivity index (χ4v) is 3.70. The summed E-state index contributed by atoms with van der Waals surface area (Å²) in [6.45, 7) is 0.384. The van der Waals surface area contributed by atoms with Crippen LogP contribution in [0.3, 0.4) is 0 Å². The van der Waals surface area contributed by atoms with Crippen molar-refractivity contribution in [2.75, 3.05) is 18.9 Å². The van der Waals surface area contributed by atoms with Gasteiger partial charge in [0.2, 0.25) is 0 Å². The lowest BCUT2D eigenvalue weighted by atomic mass is 9.98. The minimum atomic E-state index is -0.999. The number of carbonyl (C=O) groups is 1. The maximum atomic E-state index is 13.3. The van der Waals surface area contributed by atoms with Gasteiger partial charge in [0, 0.05) is 29.8 Å². The molecular formula is C24H20F2N2O2. The van der Waals surface area contributed by atoms with Crippen LogP contribution in [0.4, 0.5) is 19.3 Å². The fraction of sp³-hybridized carbons (Fsp3) is 0.125. The number of halogens is 2. The number of hydrogen-bond acceptors (Lipinski definition) is 3. The van der Waals surface area contributed by atoms with E-state index in [1.54, 1.807) is 6.08 Å². The number of amides is 1. The van der Waals surface area contributed by atoms with E-state index in [1.807, 2.05) is 24.3 Å². The number of nitrogen functional groups attached to an aromatic ring is 1. The number of nitrogens with one attached hydrogen (secondary N) is 1. The molecule has 4 rings (SSSR count). The van der Waals surface area contributed by atoms with Crippen LogP contribution in [-0.4, -0.2) is 19.2 Å². The number of nitrogens with two attached hydrogens (primary N) is 1. The summed E-state index contributed by atoms with van der Waals surface area (Å²) in [4.78, 5) is 12.1. The van der Waals surface area contributed by atoms with E-state index in [4.69, 9.17) is 10.5 Å². The molecule has 0 saturated carbocycles. The van der Waals surface area contributed by atoms with Gasteiger partial charge in [-0.15, -0.1) is 0 Å². The standard InChI is InChI=1S/C24H20F2N2O2/c25-21-12-15(23(27)13-22(21)26)6-5-11-28-24(29)30-14-20-18-9-3-1-7-16(18)17-8-2-4-10-19(17)20/h1-10,12-13,20H,11,14,27H2,(H,28,29). The molecule has 0 aliphatic heterocycles. The van der Waals surface area contributed by atoms with Crippen LogP contribution in [-0.2, 0) is 4.74 Å². The van der Waals surface area contributed by atoms with E-state index in [-0.39, 0.29) is 24.8 Å². The Balaban J connectivity index is 1.34. The van der Waals surface area contributed by atoms with Gasteiger partial charge in [0.15, 0.2) is 11.6 Å². The predicted molar refractivity (Wildman–Crippen MR) is 113 cm³/mol. The molecule has 30 heavy (non-hydrogen) atoms. The first kappa shape index (κ1) is 19.6. The lowest BCUT2D eigenvalue weighted by Crippen LogP contribution is -2.26. The molecule has 0 atom stereocenters. The zero-order valence-corrected chi connectivity index (χ0v) is 16.1. The summed E-state index contributed by atoms with van der Waals surface area (Å²) in [5, 5.41) is 2.61. The molecule has 152 valence electrons. The topological polar surface area (TPSA) is 64.3 Å². The molecule has 3 aromatic rings. The largest absolute Gasteiger partial charge is 0.449 e. The average Bonchev–Trinajstić information content (AvgIpc) is 3.07. The molecule has 1 aliphatic carbocycles. The van der Waals surface area contributed by atoms with Crippen molar-refractivity contribution in [3.05, 3.63) is 95.1 Å². The highest BCUT2D eigenvalue weighted by Crippen LogP contribution is 2.44. The van der Waals surface area contributed by atoms with E-state index in [1.165, 1.54) is 6.08 Å². The quantitative estimate of drug-likeness (QED) is 0.580. The number of carbonyl (C=O) groups excluding carboxylic acids is 1. The SMILES string of the molecule is Nc1cc(F)c(F)cc1C=CCNC(=O)OCC1c2ccccc2-c2ccccc21. The molecule has 0 fully saturated rings. The normalized spacial score (nSPS) is 12.6. The fourth-order valence-electron chi connectivity index (χ4n) is 3.70. The summed E-state index contributed by atoms with van der Waals surface area (Å²) in [6, 6.07) is 18.1. The van der Waals surface area contributed by atoms with Crippen molar-refractivity contribution in [3.63, 3.8) is 0 Å². The Morgan fingerprint density at radius 1 is 1.00 bits per heavy atom. The number of ether oxygens (including phenoxy) is 1. The van der Waals surface area contributed by atoms with Gasteiger partial charge in [-0.05, 0) is 28.3 Å². The Labute approximate surface area is 173 Å². The van der Waals surface area contributed by atoms with Crippen molar-refractivity contribution in [3.8, 4) is 11.1 Å². The molecule has 0 spiro atoms. The van der Waals surface area contributed by atoms with Gasteiger partial charge in [-0.2, -0.15) is 0 Å². The summed E-state index contributed by atoms with van der Waals surface area (Å²) in [7, 11) is 0. The van der Waals surface area contributed by atoms with E-state index in [0.29, 0.717) is 5.56 Å². The van der Waals surface area contributed by atoms with Crippen molar-refractivity contribution >= 4 is 17.9 Å². The van der Waals surface area contributed by atoms with Gasteiger partial charge >= 0.3 is 6.09 Å². The smallest absolute Gasteiger partial charge is 0.407 e. The molecule has 0 aromatic heterocycles. The van der Waals surface area contributed by atoms with Gasteiger partial charge in [0.1, 0.15) is 6.61 Å². The Hall–Kier alpha value is -3.67. The van der Waals surface area contributed by atoms with Crippen LogP contribution in [0.25, 0.3) is 17.2 Å². The van der Waals surface area contributed by atoms with Gasteiger partial charge in [-0.25, -0.2) is 13.6 Å². The highest BCUT2D eigenvalue weighted by Gasteiger charge is 2.28. The zero-order chi connectivity index (χ0) is 21.1. The summed E-state index contributed by atoms with van der Waals surface area (Å²) >= 11 is 0. The molecule has 6 heteroatoms. The van der Waals surface area contributed by atoms with Crippen molar-refractivity contribution in [1.29, 1.82) is 0 Å². The first-order valence-corrected chi connectivity index (χ1v) is 9.54. The Kier molecular flexibility index (Phi) is 5.48. The summed E-state index contributed by atoms with van der Waals surface area (Å²) in [5.74, 6) is -1.99. The van der Waals surface area contributed by atoms with E-state index in [9.17, 15) is 13.6 Å². The van der Waals surface area contributed by atoms with Crippen molar-refractivity contribution < 1.29 is 18.3 Å². The first-order valence-electron chi connectivity index (χ1n) is 9.54. The minimum Gasteiger partial charge on any atom is -0.449 e. The molecule has 1 amide bonds. The van der Waals surface area contributed by atoms with E-state index >= 15 is 0 Å². The number of benzene rings is 3. The van der Waals surface area contributed by atoms with Crippen molar-refractivity contribution in [1.82, 2.24) is 5.32 Å². The molecule has 0 unspecified atom stereocenters. The first-order chi connectivity index (χ1) is 14.5. The summed E-state index contributed by atoms with van der Waals surface area (Å²) in [5.41, 5.74) is 10.7. The minimum absolute atomic E-state index is 0.0133. The molecular weight excluding hydrogens is 386 g/mol. The lowest BCUT2D eigenvalue weighted by Gasteiger charge is -2.14. The van der Waals surface area contributed by atoms with E-state index in [0.717, 1.165) is 34.4 Å². The third-order valence-electron chi connectivity index (χ3n) is 5.13. The van der Waals surface area contributed by atoms with Crippen LogP contribution < -0.4 is 11.1 Å². The molecule has 4 nitrogen and oxygen atoms in total. The number of hydrogen-bond donors (Lipinski definition) is 2. The van der Waals surface area contributed by atoms with E-state index in [2.05, 4.69) is 29.6 Å². The van der Waals surface area contributed by atoms with Crippen LogP contribution in [0.15, 0.2) is 66.7 Å². The summed E-state index contributed by atoms with van der Waals surface area (Å²) in [6.07, 6.45) is 2.55. The van der Waals surface area contributed by atoms with E-state index < -0.39 is 17.7 Å². The molecule has 0 bridgehead atoms. The van der Waals surface area contributed by atoms with Gasteiger partial charge in [0.05, 0.1) is 0 Å². The average molecular weight is 406 g/mol. The third kappa shape index (κ3) is 3.89. The van der Waals surface area contributed by atoms with Crippen LogP contribution in [0.5, 0.6) is 0 Å². The molecule has 3 aromatic carbocycles. The number of rotatable bonds is 5. The molecule has 0 radical (unpaired) electrons. The third-order valence-corrected chi connectivity index (χ3v) is 5.13. The predicted octanol–water partition coefficient (Wildman–Crippen LogP) is 5.10. The lowest BCUT2D eigenvalue weighted by molar-refractivity contribution is 0.144. The number of alkyl carbamates (subject to hydrolysis) is 1. The summed E-state index contributed by atoms with van der Waals surface area (Å²) < 4.78 is 31.8. The monoisotopic (exact) mass is 406 g/mol. The Morgan fingerprint density at radius 3 is 2.27 bits per heavy atom. The second-order valence-corrected chi connectivity index (χ2v) is 7.00. The van der Waals surface area contributed by atoms with Crippen LogP contribution in [0.1, 0.15) is 22.6 Å². The molecule has 0 heterocycles. The number of fused-ring (bicyclic) bond motifs is 3. The highest BCUT2D eigenvalue weighted by molar-refractivity contribution is 5.79. The van der Waals surface area contributed by atoms with Crippen molar-refractivity contribution in [2.24, 2.45) is 0 Å². The maximum Gasteiger partial charge on any atom is 0.407 e. The van der Waals surface area contributed by atoms with Gasteiger partial charge in [-0.1, -0.05) is 60.7 Å². The molecule has 3 N–H and O–H groups in total. The second kappa shape index (κ2) is 8.37. The van der Waals surface area contributed by atoms with Crippen LogP contribution in [0.2, 0.25) is 0 Å². The second-order valence-electron chi connectivity index (χ2n) is 7.00.